The van der Waals surface area contributed by atoms with Crippen molar-refractivity contribution in [1.29, 1.82) is 0 Å². The molecule has 0 aromatic heterocycles. The number of benzene rings is 1. The molecule has 2 aliphatic rings. The van der Waals surface area contributed by atoms with Crippen LogP contribution in [0.4, 0.5) is 4.39 Å². The lowest BCUT2D eigenvalue weighted by atomic mass is 9.77. The third-order valence-electron chi connectivity index (χ3n) is 5.46. The molecule has 1 N–H and O–H groups in total. The van der Waals surface area contributed by atoms with E-state index in [1.807, 2.05) is 6.92 Å². The highest BCUT2D eigenvalue weighted by molar-refractivity contribution is 6.09. The number of esters is 1. The van der Waals surface area contributed by atoms with Crippen molar-refractivity contribution < 1.29 is 23.5 Å². The number of halogens is 1. The van der Waals surface area contributed by atoms with E-state index in [1.165, 1.54) is 24.1 Å². The third kappa shape index (κ3) is 2.53. The summed E-state index contributed by atoms with van der Waals surface area (Å²) in [4.78, 5) is 39.8. The summed E-state index contributed by atoms with van der Waals surface area (Å²) in [7, 11) is 1.27. The standard InChI is InChI=1S/C19H23FN2O4/c1-4-9-19(18(25)26-3)14-13(16(23)22(5-2)17(14)24)15(21-19)11-7-6-8-12(20)10-11/h6-8,10,13-15,21H,4-5,9H2,1-3H3/t13-,14+,15+,19-/m0/s1. The van der Waals surface area contributed by atoms with E-state index >= 15 is 0 Å². The molecule has 2 heterocycles. The summed E-state index contributed by atoms with van der Waals surface area (Å²) in [5.74, 6) is -3.30. The monoisotopic (exact) mass is 362 g/mol. The van der Waals surface area contributed by atoms with Gasteiger partial charge in [0.1, 0.15) is 11.4 Å². The average Bonchev–Trinajstić information content (AvgIpc) is 3.09. The zero-order chi connectivity index (χ0) is 19.1. The number of ether oxygens (including phenoxy) is 1. The Hall–Kier alpha value is -2.28. The molecule has 1 aromatic carbocycles. The van der Waals surface area contributed by atoms with E-state index in [9.17, 15) is 18.8 Å². The Balaban J connectivity index is 2.15. The molecule has 2 amide bonds. The molecule has 2 saturated heterocycles. The SMILES string of the molecule is CCC[C@]1(C(=O)OC)N[C@H](c2cccc(F)c2)[C@H]2C(=O)N(CC)C(=O)[C@@H]21. The van der Waals surface area contributed by atoms with Crippen LogP contribution in [-0.4, -0.2) is 41.9 Å². The molecule has 26 heavy (non-hydrogen) atoms. The zero-order valence-corrected chi connectivity index (χ0v) is 15.1. The molecule has 0 aliphatic carbocycles. The maximum Gasteiger partial charge on any atom is 0.326 e. The summed E-state index contributed by atoms with van der Waals surface area (Å²) in [6.07, 6.45) is 0.970. The average molecular weight is 362 g/mol. The van der Waals surface area contributed by atoms with Gasteiger partial charge in [0.2, 0.25) is 11.8 Å². The van der Waals surface area contributed by atoms with Crippen LogP contribution in [-0.2, 0) is 19.1 Å². The Morgan fingerprint density at radius 3 is 2.62 bits per heavy atom. The van der Waals surface area contributed by atoms with Gasteiger partial charge in [0.25, 0.3) is 0 Å². The molecule has 3 rings (SSSR count). The second-order valence-corrected chi connectivity index (χ2v) is 6.81. The van der Waals surface area contributed by atoms with Gasteiger partial charge in [-0.1, -0.05) is 25.5 Å². The van der Waals surface area contributed by atoms with E-state index < -0.39 is 35.2 Å². The lowest BCUT2D eigenvalue weighted by Crippen LogP contribution is -2.56. The number of imide groups is 1. The lowest BCUT2D eigenvalue weighted by Gasteiger charge is -2.32. The van der Waals surface area contributed by atoms with Gasteiger partial charge < -0.3 is 4.74 Å². The van der Waals surface area contributed by atoms with Crippen LogP contribution in [0.15, 0.2) is 24.3 Å². The minimum absolute atomic E-state index is 0.240. The first-order valence-corrected chi connectivity index (χ1v) is 8.88. The van der Waals surface area contributed by atoms with Gasteiger partial charge >= 0.3 is 5.97 Å². The minimum Gasteiger partial charge on any atom is -0.468 e. The van der Waals surface area contributed by atoms with E-state index in [0.717, 1.165) is 0 Å². The number of carbonyl (C=O) groups is 3. The van der Waals surface area contributed by atoms with Gasteiger partial charge in [-0.05, 0) is 31.0 Å². The van der Waals surface area contributed by atoms with Gasteiger partial charge in [-0.2, -0.15) is 0 Å². The Labute approximate surface area is 151 Å². The van der Waals surface area contributed by atoms with Crippen LogP contribution in [0.5, 0.6) is 0 Å². The summed E-state index contributed by atoms with van der Waals surface area (Å²) in [6, 6.07) is 5.27. The van der Waals surface area contributed by atoms with Crippen molar-refractivity contribution in [2.24, 2.45) is 11.8 Å². The molecule has 0 radical (unpaired) electrons. The van der Waals surface area contributed by atoms with Crippen molar-refractivity contribution in [2.75, 3.05) is 13.7 Å². The summed E-state index contributed by atoms with van der Waals surface area (Å²) < 4.78 is 18.8. The first-order chi connectivity index (χ1) is 12.4. The van der Waals surface area contributed by atoms with Gasteiger partial charge in [0.15, 0.2) is 0 Å². The molecular formula is C19H23FN2O4. The van der Waals surface area contributed by atoms with E-state index in [-0.39, 0.29) is 18.4 Å². The summed E-state index contributed by atoms with van der Waals surface area (Å²) in [5.41, 5.74) is -0.747. The van der Waals surface area contributed by atoms with Crippen molar-refractivity contribution in [3.8, 4) is 0 Å². The molecule has 1 aromatic rings. The van der Waals surface area contributed by atoms with Crippen molar-refractivity contribution in [3.05, 3.63) is 35.6 Å². The fraction of sp³-hybridized carbons (Fsp3) is 0.526. The molecule has 140 valence electrons. The molecule has 0 spiro atoms. The Kier molecular flexibility index (Phi) is 4.84. The Morgan fingerprint density at radius 1 is 1.31 bits per heavy atom. The van der Waals surface area contributed by atoms with Gasteiger partial charge in [0.05, 0.1) is 18.9 Å². The zero-order valence-electron chi connectivity index (χ0n) is 15.1. The summed E-state index contributed by atoms with van der Waals surface area (Å²) >= 11 is 0. The first-order valence-electron chi connectivity index (χ1n) is 8.88. The van der Waals surface area contributed by atoms with Crippen LogP contribution in [0.25, 0.3) is 0 Å². The van der Waals surface area contributed by atoms with Gasteiger partial charge in [0, 0.05) is 12.6 Å². The Bertz CT molecular complexity index is 753. The number of hydrogen-bond acceptors (Lipinski definition) is 5. The summed E-state index contributed by atoms with van der Waals surface area (Å²) in [5, 5.41) is 3.20. The smallest absolute Gasteiger partial charge is 0.326 e. The minimum atomic E-state index is -1.29. The third-order valence-corrected chi connectivity index (χ3v) is 5.46. The molecule has 7 heteroatoms. The second kappa shape index (κ2) is 6.79. The quantitative estimate of drug-likeness (QED) is 0.639. The number of methoxy groups -OCH3 is 1. The molecule has 6 nitrogen and oxygen atoms in total. The van der Waals surface area contributed by atoms with Crippen LogP contribution < -0.4 is 5.32 Å². The van der Waals surface area contributed by atoms with Crippen LogP contribution in [0, 0.1) is 17.7 Å². The molecule has 0 bridgehead atoms. The largest absolute Gasteiger partial charge is 0.468 e. The Morgan fingerprint density at radius 2 is 2.04 bits per heavy atom. The highest BCUT2D eigenvalue weighted by atomic mass is 19.1. The number of carbonyl (C=O) groups excluding carboxylic acids is 3. The second-order valence-electron chi connectivity index (χ2n) is 6.81. The number of nitrogens with zero attached hydrogens (tertiary/aromatic N) is 1. The van der Waals surface area contributed by atoms with Crippen LogP contribution in [0.2, 0.25) is 0 Å². The van der Waals surface area contributed by atoms with Crippen molar-refractivity contribution in [3.63, 3.8) is 0 Å². The number of likely N-dealkylation sites (tertiary alicyclic amines) is 1. The molecule has 2 aliphatic heterocycles. The molecule has 2 fully saturated rings. The topological polar surface area (TPSA) is 75.7 Å². The number of fused-ring (bicyclic) bond motifs is 1. The number of amides is 2. The van der Waals surface area contributed by atoms with E-state index in [1.54, 1.807) is 19.1 Å². The molecular weight excluding hydrogens is 339 g/mol. The maximum atomic E-state index is 13.8. The first kappa shape index (κ1) is 18.5. The molecule has 0 unspecified atom stereocenters. The highest BCUT2D eigenvalue weighted by Crippen LogP contribution is 2.50. The van der Waals surface area contributed by atoms with Crippen LogP contribution >= 0.6 is 0 Å². The fourth-order valence-electron chi connectivity index (χ4n) is 4.46. The van der Waals surface area contributed by atoms with E-state index in [0.29, 0.717) is 18.4 Å². The van der Waals surface area contributed by atoms with Crippen LogP contribution in [0.3, 0.4) is 0 Å². The predicted molar refractivity (Wildman–Crippen MR) is 91.3 cm³/mol. The van der Waals surface area contributed by atoms with Gasteiger partial charge in [-0.3, -0.25) is 24.6 Å². The van der Waals surface area contributed by atoms with Crippen molar-refractivity contribution in [2.45, 2.75) is 38.3 Å². The molecule has 4 atom stereocenters. The van der Waals surface area contributed by atoms with Crippen molar-refractivity contribution in [1.82, 2.24) is 10.2 Å². The molecule has 0 saturated carbocycles. The number of rotatable bonds is 5. The van der Waals surface area contributed by atoms with E-state index in [2.05, 4.69) is 5.32 Å². The van der Waals surface area contributed by atoms with Crippen molar-refractivity contribution >= 4 is 17.8 Å². The number of nitrogens with one attached hydrogen (secondary N) is 1. The fourth-order valence-corrected chi connectivity index (χ4v) is 4.46. The van der Waals surface area contributed by atoms with Crippen LogP contribution in [0.1, 0.15) is 38.3 Å². The van der Waals surface area contributed by atoms with E-state index in [4.69, 9.17) is 4.74 Å². The normalized spacial score (nSPS) is 30.6. The number of hydrogen-bond donors (Lipinski definition) is 1. The maximum absolute atomic E-state index is 13.8. The van der Waals surface area contributed by atoms with Gasteiger partial charge in [-0.25, -0.2) is 4.39 Å². The summed E-state index contributed by atoms with van der Waals surface area (Å²) in [6.45, 7) is 3.86. The lowest BCUT2D eigenvalue weighted by molar-refractivity contribution is -0.154. The highest BCUT2D eigenvalue weighted by Gasteiger charge is 2.68. The van der Waals surface area contributed by atoms with Gasteiger partial charge in [-0.15, -0.1) is 0 Å². The predicted octanol–water partition coefficient (Wildman–Crippen LogP) is 1.80.